The lowest BCUT2D eigenvalue weighted by Gasteiger charge is -2.07. The van der Waals surface area contributed by atoms with Crippen LogP contribution in [0.5, 0.6) is 0 Å². The fraction of sp³-hybridized carbons (Fsp3) is 0.333. The number of urea groups is 1. The number of hydrogen-bond acceptors (Lipinski definition) is 4. The van der Waals surface area contributed by atoms with Crippen molar-refractivity contribution >= 4 is 17.9 Å². The third-order valence-electron chi connectivity index (χ3n) is 2.27. The minimum absolute atomic E-state index is 0.272. The summed E-state index contributed by atoms with van der Waals surface area (Å²) in [5.74, 6) is -1.70. The Bertz CT molecular complexity index is 464. The van der Waals surface area contributed by atoms with Crippen LogP contribution in [-0.2, 0) is 16.0 Å². The van der Waals surface area contributed by atoms with Crippen molar-refractivity contribution in [1.82, 2.24) is 20.9 Å². The predicted octanol–water partition coefficient (Wildman–Crippen LogP) is -0.876. The zero-order valence-corrected chi connectivity index (χ0v) is 10.8. The second-order valence-corrected chi connectivity index (χ2v) is 3.89. The Kier molecular flexibility index (Phi) is 6.52. The molecule has 1 aromatic heterocycles. The van der Waals surface area contributed by atoms with Crippen LogP contribution in [0.2, 0.25) is 0 Å². The Labute approximate surface area is 115 Å². The first-order valence-electron chi connectivity index (χ1n) is 5.97. The molecule has 8 nitrogen and oxygen atoms in total. The second-order valence-electron chi connectivity index (χ2n) is 3.89. The van der Waals surface area contributed by atoms with Crippen LogP contribution in [-0.4, -0.2) is 47.6 Å². The lowest BCUT2D eigenvalue weighted by atomic mass is 10.2. The van der Waals surface area contributed by atoms with Crippen LogP contribution in [0.3, 0.4) is 0 Å². The molecule has 0 saturated heterocycles. The van der Waals surface area contributed by atoms with E-state index in [0.29, 0.717) is 13.0 Å². The normalized spacial score (nSPS) is 9.60. The summed E-state index contributed by atoms with van der Waals surface area (Å²) in [7, 11) is 0. The predicted molar refractivity (Wildman–Crippen MR) is 70.0 cm³/mol. The van der Waals surface area contributed by atoms with E-state index >= 15 is 0 Å². The molecule has 0 unspecified atom stereocenters. The van der Waals surface area contributed by atoms with E-state index < -0.39 is 24.5 Å². The topological polar surface area (TPSA) is 120 Å². The Morgan fingerprint density at radius 3 is 2.60 bits per heavy atom. The number of carboxylic acids is 1. The smallest absolute Gasteiger partial charge is 0.322 e. The van der Waals surface area contributed by atoms with Crippen molar-refractivity contribution in [3.63, 3.8) is 0 Å². The van der Waals surface area contributed by atoms with Crippen LogP contribution in [0.1, 0.15) is 5.56 Å². The van der Waals surface area contributed by atoms with Crippen LogP contribution in [0.15, 0.2) is 24.5 Å². The molecule has 20 heavy (non-hydrogen) atoms. The molecule has 108 valence electrons. The van der Waals surface area contributed by atoms with Gasteiger partial charge in [0, 0.05) is 18.9 Å². The maximum absolute atomic E-state index is 11.3. The number of nitrogens with zero attached hydrogens (tertiary/aromatic N) is 1. The van der Waals surface area contributed by atoms with Gasteiger partial charge in [-0.25, -0.2) is 4.79 Å². The average Bonchev–Trinajstić information content (AvgIpc) is 2.44. The molecule has 0 spiro atoms. The molecule has 0 aliphatic heterocycles. The fourth-order valence-electron chi connectivity index (χ4n) is 1.33. The number of pyridine rings is 1. The Morgan fingerprint density at radius 1 is 1.15 bits per heavy atom. The minimum atomic E-state index is -1.14. The molecule has 1 rings (SSSR count). The first-order chi connectivity index (χ1) is 9.58. The van der Waals surface area contributed by atoms with E-state index in [1.165, 1.54) is 0 Å². The Morgan fingerprint density at radius 2 is 1.95 bits per heavy atom. The third kappa shape index (κ3) is 6.94. The Balaban J connectivity index is 2.11. The van der Waals surface area contributed by atoms with Gasteiger partial charge in [-0.15, -0.1) is 0 Å². The number of hydrogen-bond donors (Lipinski definition) is 4. The van der Waals surface area contributed by atoms with Gasteiger partial charge in [0.2, 0.25) is 5.91 Å². The minimum Gasteiger partial charge on any atom is -0.480 e. The number of amides is 3. The van der Waals surface area contributed by atoms with Gasteiger partial charge in [-0.05, 0) is 18.1 Å². The van der Waals surface area contributed by atoms with Crippen molar-refractivity contribution in [3.05, 3.63) is 30.1 Å². The summed E-state index contributed by atoms with van der Waals surface area (Å²) in [5, 5.41) is 15.4. The van der Waals surface area contributed by atoms with Crippen LogP contribution < -0.4 is 16.0 Å². The van der Waals surface area contributed by atoms with E-state index in [4.69, 9.17) is 5.11 Å². The van der Waals surface area contributed by atoms with Crippen molar-refractivity contribution in [3.8, 4) is 0 Å². The number of aromatic nitrogens is 1. The molecule has 1 aromatic rings. The van der Waals surface area contributed by atoms with Crippen LogP contribution in [0, 0.1) is 0 Å². The standard InChI is InChI=1S/C12H16N4O4/c17-10(15-8-11(18)19)7-16-12(20)14-5-3-9-2-1-4-13-6-9/h1-2,4,6H,3,5,7-8H2,(H,15,17)(H,18,19)(H2,14,16,20). The van der Waals surface area contributed by atoms with Crippen molar-refractivity contribution in [2.24, 2.45) is 0 Å². The number of rotatable bonds is 7. The number of carboxylic acid groups (broad SMARTS) is 1. The Hall–Kier alpha value is -2.64. The van der Waals surface area contributed by atoms with Gasteiger partial charge in [0.15, 0.2) is 0 Å². The number of aliphatic carboxylic acids is 1. The van der Waals surface area contributed by atoms with E-state index in [-0.39, 0.29) is 6.54 Å². The second kappa shape index (κ2) is 8.46. The molecular weight excluding hydrogens is 264 g/mol. The fourth-order valence-corrected chi connectivity index (χ4v) is 1.33. The van der Waals surface area contributed by atoms with E-state index in [0.717, 1.165) is 5.56 Å². The maximum atomic E-state index is 11.3. The molecule has 0 aromatic carbocycles. The summed E-state index contributed by atoms with van der Waals surface area (Å²) < 4.78 is 0. The number of carbonyl (C=O) groups is 3. The molecular formula is C12H16N4O4. The first kappa shape index (κ1) is 15.4. The summed E-state index contributed by atoms with van der Waals surface area (Å²) in [4.78, 5) is 36.6. The molecule has 1 heterocycles. The molecule has 0 bridgehead atoms. The van der Waals surface area contributed by atoms with Crippen molar-refractivity contribution < 1.29 is 19.5 Å². The first-order valence-corrected chi connectivity index (χ1v) is 5.97. The average molecular weight is 280 g/mol. The van der Waals surface area contributed by atoms with Crippen molar-refractivity contribution in [2.75, 3.05) is 19.6 Å². The summed E-state index contributed by atoms with van der Waals surface area (Å²) in [6.07, 6.45) is 4.00. The molecule has 0 atom stereocenters. The molecule has 8 heteroatoms. The monoisotopic (exact) mass is 280 g/mol. The summed E-state index contributed by atoms with van der Waals surface area (Å²) >= 11 is 0. The quantitative estimate of drug-likeness (QED) is 0.517. The molecule has 3 amide bonds. The van der Waals surface area contributed by atoms with Gasteiger partial charge in [0.1, 0.15) is 6.54 Å². The van der Waals surface area contributed by atoms with Gasteiger partial charge in [0.25, 0.3) is 0 Å². The highest BCUT2D eigenvalue weighted by atomic mass is 16.4. The molecule has 0 fully saturated rings. The van der Waals surface area contributed by atoms with Crippen LogP contribution >= 0.6 is 0 Å². The largest absolute Gasteiger partial charge is 0.480 e. The van der Waals surface area contributed by atoms with Gasteiger partial charge >= 0.3 is 12.0 Å². The van der Waals surface area contributed by atoms with Crippen molar-refractivity contribution in [1.29, 1.82) is 0 Å². The summed E-state index contributed by atoms with van der Waals surface area (Å²) in [5.41, 5.74) is 0.993. The number of nitrogens with one attached hydrogen (secondary N) is 3. The summed E-state index contributed by atoms with van der Waals surface area (Å²) in [6.45, 7) is -0.330. The van der Waals surface area contributed by atoms with E-state index in [9.17, 15) is 14.4 Å². The molecule has 0 saturated carbocycles. The highest BCUT2D eigenvalue weighted by Crippen LogP contribution is 1.94. The number of carbonyl (C=O) groups excluding carboxylic acids is 2. The molecule has 4 N–H and O–H groups in total. The highest BCUT2D eigenvalue weighted by molar-refractivity contribution is 5.86. The maximum Gasteiger partial charge on any atom is 0.322 e. The van der Waals surface area contributed by atoms with Crippen LogP contribution in [0.4, 0.5) is 4.79 Å². The highest BCUT2D eigenvalue weighted by Gasteiger charge is 2.06. The molecule has 0 aliphatic carbocycles. The van der Waals surface area contributed by atoms with Crippen LogP contribution in [0.25, 0.3) is 0 Å². The van der Waals surface area contributed by atoms with Gasteiger partial charge in [-0.1, -0.05) is 6.07 Å². The van der Waals surface area contributed by atoms with E-state index in [2.05, 4.69) is 20.9 Å². The molecule has 0 aliphatic rings. The lowest BCUT2D eigenvalue weighted by molar-refractivity contribution is -0.137. The zero-order chi connectivity index (χ0) is 14.8. The molecule has 0 radical (unpaired) electrons. The third-order valence-corrected chi connectivity index (χ3v) is 2.27. The van der Waals surface area contributed by atoms with Gasteiger partial charge < -0.3 is 21.1 Å². The van der Waals surface area contributed by atoms with E-state index in [1.54, 1.807) is 12.4 Å². The lowest BCUT2D eigenvalue weighted by Crippen LogP contribution is -2.43. The van der Waals surface area contributed by atoms with Crippen molar-refractivity contribution in [2.45, 2.75) is 6.42 Å². The SMILES string of the molecule is O=C(O)CNC(=O)CNC(=O)NCCc1cccnc1. The van der Waals surface area contributed by atoms with Gasteiger partial charge in [0.05, 0.1) is 6.54 Å². The van der Waals surface area contributed by atoms with E-state index in [1.807, 2.05) is 12.1 Å². The van der Waals surface area contributed by atoms with Gasteiger partial charge in [-0.3, -0.25) is 14.6 Å². The zero-order valence-electron chi connectivity index (χ0n) is 10.8. The van der Waals surface area contributed by atoms with Gasteiger partial charge in [-0.2, -0.15) is 0 Å². The summed E-state index contributed by atoms with van der Waals surface area (Å²) in [6, 6.07) is 3.22.